The number of carbonyl (C=O) groups excluding carboxylic acids is 1. The summed E-state index contributed by atoms with van der Waals surface area (Å²) in [5, 5.41) is -0.489. The fraction of sp³-hybridized carbons (Fsp3) is 0. The van der Waals surface area contributed by atoms with Crippen molar-refractivity contribution in [3.63, 3.8) is 0 Å². The molecule has 1 aromatic carbocycles. The highest BCUT2D eigenvalue weighted by atomic mass is 79.9. The van der Waals surface area contributed by atoms with E-state index in [9.17, 15) is 4.79 Å². The van der Waals surface area contributed by atoms with Crippen molar-refractivity contribution in [1.82, 2.24) is 0 Å². The van der Waals surface area contributed by atoms with Crippen LogP contribution < -0.4 is 0 Å². The van der Waals surface area contributed by atoms with E-state index in [1.165, 1.54) is 0 Å². The highest BCUT2D eigenvalue weighted by molar-refractivity contribution is 9.13. The van der Waals surface area contributed by atoms with Crippen LogP contribution in [-0.4, -0.2) is 5.24 Å². The molecule has 0 fully saturated rings. The first-order valence-electron chi connectivity index (χ1n) is 4.25. The maximum Gasteiger partial charge on any atom is 0.253 e. The molecule has 0 unspecified atom stereocenters. The molecular weight excluding hydrogens is 375 g/mol. The summed E-state index contributed by atoms with van der Waals surface area (Å²) < 4.78 is 2.00. The SMILES string of the molecule is O=C(Cl)c1[c]c(-c2cc(Br)c(Br)s2)ccc1. The van der Waals surface area contributed by atoms with E-state index in [0.29, 0.717) is 5.56 Å². The van der Waals surface area contributed by atoms with E-state index in [1.54, 1.807) is 23.5 Å². The minimum atomic E-state index is -0.489. The molecule has 0 aliphatic carbocycles. The minimum Gasteiger partial charge on any atom is -0.276 e. The van der Waals surface area contributed by atoms with Gasteiger partial charge in [-0.25, -0.2) is 0 Å². The van der Waals surface area contributed by atoms with Gasteiger partial charge in [-0.15, -0.1) is 11.3 Å². The zero-order chi connectivity index (χ0) is 11.7. The fourth-order valence-electron chi connectivity index (χ4n) is 1.21. The van der Waals surface area contributed by atoms with Gasteiger partial charge in [-0.1, -0.05) is 12.1 Å². The van der Waals surface area contributed by atoms with Gasteiger partial charge >= 0.3 is 0 Å². The molecule has 1 heterocycles. The van der Waals surface area contributed by atoms with Crippen molar-refractivity contribution in [3.05, 3.63) is 44.2 Å². The normalized spacial score (nSPS) is 10.4. The van der Waals surface area contributed by atoms with E-state index < -0.39 is 5.24 Å². The zero-order valence-corrected chi connectivity index (χ0v) is 12.5. The lowest BCUT2D eigenvalue weighted by Gasteiger charge is -1.98. The van der Waals surface area contributed by atoms with E-state index in [2.05, 4.69) is 37.9 Å². The van der Waals surface area contributed by atoms with Gasteiger partial charge in [0.1, 0.15) is 0 Å². The Morgan fingerprint density at radius 2 is 2.12 bits per heavy atom. The van der Waals surface area contributed by atoms with Crippen molar-refractivity contribution in [2.75, 3.05) is 0 Å². The van der Waals surface area contributed by atoms with Crippen LogP contribution in [0.3, 0.4) is 0 Å². The molecular formula is C11H4Br2ClOS. The molecule has 0 saturated carbocycles. The Labute approximate surface area is 119 Å². The molecule has 2 aromatic rings. The van der Waals surface area contributed by atoms with Crippen molar-refractivity contribution < 1.29 is 4.79 Å². The average Bonchev–Trinajstić information content (AvgIpc) is 2.59. The van der Waals surface area contributed by atoms with Crippen molar-refractivity contribution in [3.8, 4) is 10.4 Å². The first-order chi connectivity index (χ1) is 7.58. The number of hydrogen-bond donors (Lipinski definition) is 0. The lowest BCUT2D eigenvalue weighted by molar-refractivity contribution is 0.108. The summed E-state index contributed by atoms with van der Waals surface area (Å²) in [6, 6.07) is 10.3. The Morgan fingerprint density at radius 3 is 2.69 bits per heavy atom. The van der Waals surface area contributed by atoms with E-state index in [1.807, 2.05) is 12.1 Å². The first kappa shape index (κ1) is 12.3. The number of rotatable bonds is 2. The predicted molar refractivity (Wildman–Crippen MR) is 74.2 cm³/mol. The maximum atomic E-state index is 11.0. The highest BCUT2D eigenvalue weighted by Gasteiger charge is 2.09. The van der Waals surface area contributed by atoms with Crippen molar-refractivity contribution in [2.24, 2.45) is 0 Å². The fourth-order valence-corrected chi connectivity index (χ4v) is 3.33. The topological polar surface area (TPSA) is 17.1 Å². The second kappa shape index (κ2) is 5.00. The molecule has 1 aromatic heterocycles. The molecule has 0 N–H and O–H groups in total. The van der Waals surface area contributed by atoms with Gasteiger partial charge in [0.2, 0.25) is 0 Å². The summed E-state index contributed by atoms with van der Waals surface area (Å²) >= 11 is 13.8. The molecule has 5 heteroatoms. The molecule has 0 bridgehead atoms. The molecule has 0 saturated heterocycles. The number of carbonyl (C=O) groups is 1. The summed E-state index contributed by atoms with van der Waals surface area (Å²) in [6.45, 7) is 0. The Hall–Kier alpha value is -0.160. The van der Waals surface area contributed by atoms with E-state index in [-0.39, 0.29) is 0 Å². The first-order valence-corrected chi connectivity index (χ1v) is 7.03. The van der Waals surface area contributed by atoms with Crippen LogP contribution in [0.5, 0.6) is 0 Å². The van der Waals surface area contributed by atoms with Gasteiger partial charge in [-0.2, -0.15) is 0 Å². The van der Waals surface area contributed by atoms with Crippen molar-refractivity contribution in [1.29, 1.82) is 0 Å². The number of halogens is 3. The molecule has 81 valence electrons. The molecule has 1 nitrogen and oxygen atoms in total. The van der Waals surface area contributed by atoms with Gasteiger partial charge in [0.15, 0.2) is 0 Å². The summed E-state index contributed by atoms with van der Waals surface area (Å²) in [4.78, 5) is 12.0. The third kappa shape index (κ3) is 2.56. The molecule has 2 rings (SSSR count). The zero-order valence-electron chi connectivity index (χ0n) is 7.76. The number of thiophene rings is 1. The van der Waals surface area contributed by atoms with Crippen LogP contribution >= 0.6 is 54.8 Å². The van der Waals surface area contributed by atoms with Crippen LogP contribution in [0.2, 0.25) is 0 Å². The highest BCUT2D eigenvalue weighted by Crippen LogP contribution is 2.38. The van der Waals surface area contributed by atoms with Gasteiger partial charge in [-0.05, 0) is 55.6 Å². The van der Waals surface area contributed by atoms with Crippen molar-refractivity contribution >= 4 is 60.0 Å². The molecule has 16 heavy (non-hydrogen) atoms. The second-order valence-electron chi connectivity index (χ2n) is 2.98. The standard InChI is InChI=1S/C11H4Br2ClOS/c12-8-5-9(16-10(8)13)6-2-1-3-7(4-6)11(14)15/h1-3,5H. The van der Waals surface area contributed by atoms with Crippen molar-refractivity contribution in [2.45, 2.75) is 0 Å². The monoisotopic (exact) mass is 377 g/mol. The van der Waals surface area contributed by atoms with Crippen LogP contribution in [0, 0.1) is 6.07 Å². The number of hydrogen-bond acceptors (Lipinski definition) is 2. The van der Waals surface area contributed by atoms with Crippen LogP contribution in [0.4, 0.5) is 0 Å². The van der Waals surface area contributed by atoms with Crippen LogP contribution in [-0.2, 0) is 0 Å². The second-order valence-corrected chi connectivity index (χ2v) is 6.55. The Balaban J connectivity index is 2.48. The molecule has 1 radical (unpaired) electrons. The molecule has 0 aliphatic heterocycles. The van der Waals surface area contributed by atoms with E-state index in [0.717, 1.165) is 18.7 Å². The molecule has 0 atom stereocenters. The largest absolute Gasteiger partial charge is 0.276 e. The van der Waals surface area contributed by atoms with Gasteiger partial charge in [0, 0.05) is 26.5 Å². The quantitative estimate of drug-likeness (QED) is 0.662. The third-order valence-corrected chi connectivity index (χ3v) is 5.41. The average molecular weight is 379 g/mol. The third-order valence-electron chi connectivity index (χ3n) is 1.92. The molecule has 0 amide bonds. The predicted octanol–water partition coefficient (Wildman–Crippen LogP) is 5.12. The number of benzene rings is 1. The Kier molecular flexibility index (Phi) is 3.85. The van der Waals surface area contributed by atoms with Crippen LogP contribution in [0.25, 0.3) is 10.4 Å². The van der Waals surface area contributed by atoms with E-state index in [4.69, 9.17) is 11.6 Å². The van der Waals surface area contributed by atoms with Crippen LogP contribution in [0.15, 0.2) is 32.5 Å². The lowest BCUT2D eigenvalue weighted by atomic mass is 10.1. The lowest BCUT2D eigenvalue weighted by Crippen LogP contribution is -1.88. The summed E-state index contributed by atoms with van der Waals surface area (Å²) in [7, 11) is 0. The van der Waals surface area contributed by atoms with E-state index >= 15 is 0 Å². The smallest absolute Gasteiger partial charge is 0.253 e. The summed E-state index contributed by atoms with van der Waals surface area (Å²) in [5.41, 5.74) is 1.25. The molecule has 0 spiro atoms. The van der Waals surface area contributed by atoms with Gasteiger partial charge in [-0.3, -0.25) is 4.79 Å². The van der Waals surface area contributed by atoms with Crippen LogP contribution in [0.1, 0.15) is 10.4 Å². The Morgan fingerprint density at radius 1 is 1.38 bits per heavy atom. The maximum absolute atomic E-state index is 11.0. The Bertz CT molecular complexity index is 531. The minimum absolute atomic E-state index is 0.389. The molecule has 0 aliphatic rings. The summed E-state index contributed by atoms with van der Waals surface area (Å²) in [5.74, 6) is 0. The summed E-state index contributed by atoms with van der Waals surface area (Å²) in [6.07, 6.45) is 0. The van der Waals surface area contributed by atoms with Gasteiger partial charge < -0.3 is 0 Å². The van der Waals surface area contributed by atoms with Gasteiger partial charge in [0.05, 0.1) is 3.79 Å². The van der Waals surface area contributed by atoms with Gasteiger partial charge in [0.25, 0.3) is 5.24 Å².